The number of amides is 3. The number of nitrogens with zero attached hydrogens (tertiary/aromatic N) is 5. The molecule has 63 heavy (non-hydrogen) atoms. The molecule has 330 valence electrons. The SMILES string of the molecule is CC(C)(C)NC(=O)OC1CCC(C(=O)N2CCC[C@H]2c2ncc(-c3ccc(-c4ccc(-c5cnc([C@@H]6CCCN6C(=O)[C@@H](c6ccccc6)N6CCCCC6)[nH]5)cc4)cc3)[nH]2)CC1. The number of imidazole rings is 2. The topological polar surface area (TPSA) is 140 Å². The van der Waals surface area contributed by atoms with Crippen molar-refractivity contribution in [1.82, 2.24) is 40.0 Å². The lowest BCUT2D eigenvalue weighted by Crippen LogP contribution is -2.44. The molecule has 2 aromatic heterocycles. The zero-order chi connectivity index (χ0) is 43.5. The molecule has 5 heterocycles. The summed E-state index contributed by atoms with van der Waals surface area (Å²) in [5.41, 5.74) is 6.90. The van der Waals surface area contributed by atoms with Crippen molar-refractivity contribution in [2.75, 3.05) is 26.2 Å². The van der Waals surface area contributed by atoms with Gasteiger partial charge in [-0.05, 0) is 126 Å². The Bertz CT molecular complexity index is 2340. The predicted octanol–water partition coefficient (Wildman–Crippen LogP) is 9.77. The smallest absolute Gasteiger partial charge is 0.407 e. The van der Waals surface area contributed by atoms with Gasteiger partial charge in [0.1, 0.15) is 23.8 Å². The lowest BCUT2D eigenvalue weighted by Gasteiger charge is -2.37. The maximum atomic E-state index is 14.4. The van der Waals surface area contributed by atoms with Gasteiger partial charge in [-0.3, -0.25) is 14.5 Å². The molecule has 4 fully saturated rings. The van der Waals surface area contributed by atoms with Gasteiger partial charge in [-0.25, -0.2) is 14.8 Å². The monoisotopic (exact) mass is 850 g/mol. The molecule has 4 aliphatic rings. The number of ether oxygens (including phenoxy) is 1. The van der Waals surface area contributed by atoms with Crippen molar-refractivity contribution < 1.29 is 19.1 Å². The van der Waals surface area contributed by atoms with Crippen LogP contribution in [0.3, 0.4) is 0 Å². The summed E-state index contributed by atoms with van der Waals surface area (Å²) in [6.07, 6.45) is 13.2. The molecule has 3 aromatic carbocycles. The molecule has 12 nitrogen and oxygen atoms in total. The lowest BCUT2D eigenvalue weighted by atomic mass is 9.86. The third-order valence-electron chi connectivity index (χ3n) is 13.5. The molecule has 0 radical (unpaired) electrons. The van der Waals surface area contributed by atoms with E-state index in [1.807, 2.05) is 56.3 Å². The van der Waals surface area contributed by atoms with Gasteiger partial charge in [-0.15, -0.1) is 0 Å². The Hall–Kier alpha value is -5.75. The van der Waals surface area contributed by atoms with Gasteiger partial charge >= 0.3 is 6.09 Å². The number of alkyl carbamates (subject to hydrolysis) is 1. The van der Waals surface area contributed by atoms with Gasteiger partial charge in [0.25, 0.3) is 0 Å². The van der Waals surface area contributed by atoms with E-state index in [9.17, 15) is 14.4 Å². The number of hydrogen-bond acceptors (Lipinski definition) is 7. The first-order chi connectivity index (χ1) is 30.6. The number of carbonyl (C=O) groups excluding carboxylic acids is 3. The van der Waals surface area contributed by atoms with Gasteiger partial charge in [0.15, 0.2) is 0 Å². The van der Waals surface area contributed by atoms with E-state index >= 15 is 0 Å². The summed E-state index contributed by atoms with van der Waals surface area (Å²) in [7, 11) is 0. The largest absolute Gasteiger partial charge is 0.446 e. The average molecular weight is 851 g/mol. The van der Waals surface area contributed by atoms with Crippen LogP contribution in [-0.4, -0.2) is 90.4 Å². The van der Waals surface area contributed by atoms with Gasteiger partial charge < -0.3 is 29.8 Å². The van der Waals surface area contributed by atoms with Crippen molar-refractivity contribution in [3.05, 3.63) is 108 Å². The number of nitrogens with one attached hydrogen (secondary N) is 3. The van der Waals surface area contributed by atoms with Crippen LogP contribution >= 0.6 is 0 Å². The van der Waals surface area contributed by atoms with E-state index in [1.165, 1.54) is 6.42 Å². The van der Waals surface area contributed by atoms with Crippen molar-refractivity contribution >= 4 is 17.9 Å². The second kappa shape index (κ2) is 18.5. The molecule has 0 spiro atoms. The zero-order valence-corrected chi connectivity index (χ0v) is 37.0. The van der Waals surface area contributed by atoms with Crippen LogP contribution in [0.4, 0.5) is 4.79 Å². The fourth-order valence-electron chi connectivity index (χ4n) is 10.2. The van der Waals surface area contributed by atoms with E-state index in [0.29, 0.717) is 12.8 Å². The Balaban J connectivity index is 0.811. The number of carbonyl (C=O) groups is 3. The molecule has 3 atom stereocenters. The number of hydrogen-bond donors (Lipinski definition) is 3. The first-order valence-corrected chi connectivity index (χ1v) is 23.3. The number of piperidine rings is 1. The molecule has 3 amide bonds. The molecular formula is C51H62N8O4. The van der Waals surface area contributed by atoms with Crippen molar-refractivity contribution in [1.29, 1.82) is 0 Å². The van der Waals surface area contributed by atoms with Crippen LogP contribution in [0.1, 0.15) is 127 Å². The molecule has 1 aliphatic carbocycles. The minimum Gasteiger partial charge on any atom is -0.446 e. The molecule has 9 rings (SSSR count). The third-order valence-corrected chi connectivity index (χ3v) is 13.5. The van der Waals surface area contributed by atoms with Gasteiger partial charge in [-0.1, -0.05) is 85.3 Å². The first kappa shape index (κ1) is 42.5. The number of rotatable bonds is 10. The maximum Gasteiger partial charge on any atom is 0.407 e. The van der Waals surface area contributed by atoms with Gasteiger partial charge in [-0.2, -0.15) is 0 Å². The summed E-state index contributed by atoms with van der Waals surface area (Å²) in [6.45, 7) is 9.17. The Kier molecular flexibility index (Phi) is 12.5. The molecule has 0 bridgehead atoms. The number of aromatic amines is 2. The average Bonchev–Trinajstić information content (AvgIpc) is 4.14. The van der Waals surface area contributed by atoms with Gasteiger partial charge in [0.2, 0.25) is 11.8 Å². The van der Waals surface area contributed by atoms with Crippen LogP contribution in [0.2, 0.25) is 0 Å². The van der Waals surface area contributed by atoms with Crippen molar-refractivity contribution in [2.24, 2.45) is 5.92 Å². The summed E-state index contributed by atoms with van der Waals surface area (Å²) < 4.78 is 5.66. The molecular weight excluding hydrogens is 789 g/mol. The van der Waals surface area contributed by atoms with Crippen molar-refractivity contribution in [2.45, 2.75) is 121 Å². The van der Waals surface area contributed by atoms with Gasteiger partial charge in [0, 0.05) is 24.5 Å². The zero-order valence-electron chi connectivity index (χ0n) is 37.0. The Labute approximate surface area is 371 Å². The first-order valence-electron chi connectivity index (χ1n) is 23.3. The van der Waals surface area contributed by atoms with E-state index in [4.69, 9.17) is 14.7 Å². The second-order valence-electron chi connectivity index (χ2n) is 19.1. The Morgan fingerprint density at radius 1 is 0.635 bits per heavy atom. The second-order valence-corrected chi connectivity index (χ2v) is 19.1. The molecule has 12 heteroatoms. The van der Waals surface area contributed by atoms with Crippen molar-refractivity contribution in [3.8, 4) is 33.6 Å². The Morgan fingerprint density at radius 3 is 1.71 bits per heavy atom. The highest BCUT2D eigenvalue weighted by atomic mass is 16.6. The van der Waals surface area contributed by atoms with Crippen LogP contribution in [0.25, 0.3) is 33.6 Å². The van der Waals surface area contributed by atoms with E-state index in [-0.39, 0.29) is 47.5 Å². The molecule has 1 saturated carbocycles. The summed E-state index contributed by atoms with van der Waals surface area (Å²) >= 11 is 0. The van der Waals surface area contributed by atoms with Crippen LogP contribution in [0.5, 0.6) is 0 Å². The number of aromatic nitrogens is 4. The highest BCUT2D eigenvalue weighted by Crippen LogP contribution is 2.38. The van der Waals surface area contributed by atoms with Crippen LogP contribution in [0.15, 0.2) is 91.3 Å². The normalized spacial score (nSPS) is 22.5. The van der Waals surface area contributed by atoms with E-state index in [0.717, 1.165) is 128 Å². The fourth-order valence-corrected chi connectivity index (χ4v) is 10.2. The lowest BCUT2D eigenvalue weighted by molar-refractivity contribution is -0.139. The molecule has 3 saturated heterocycles. The summed E-state index contributed by atoms with van der Waals surface area (Å²) in [5, 5.41) is 2.86. The van der Waals surface area contributed by atoms with Gasteiger partial charge in [0.05, 0.1) is 35.9 Å². The minimum atomic E-state index is -0.391. The van der Waals surface area contributed by atoms with Crippen LogP contribution < -0.4 is 5.32 Å². The number of benzene rings is 3. The standard InChI is InChI=1S/C51H62N8O4/c1-51(2,3)56-50(62)63-40-26-24-39(25-27-40)48(60)58-30-10-14-43(58)46-52-32-41(54-46)36-20-16-34(17-21-36)35-18-22-37(23-19-35)42-33-53-47(55-42)44-15-11-31-59(44)49(61)45(38-12-6-4-7-13-38)57-28-8-5-9-29-57/h4,6-7,12-13,16-23,32-33,39-40,43-45H,5,8-11,14-15,24-31H2,1-3H3,(H,52,54)(H,53,55)(H,56,62)/t39?,40?,43-,44-,45+/m0/s1. The number of H-pyrrole nitrogens is 2. The van der Waals surface area contributed by atoms with Crippen LogP contribution in [0, 0.1) is 5.92 Å². The van der Waals surface area contributed by atoms with Crippen molar-refractivity contribution in [3.63, 3.8) is 0 Å². The fraction of sp³-hybridized carbons (Fsp3) is 0.471. The molecule has 3 N–H and O–H groups in total. The quantitative estimate of drug-likeness (QED) is 0.127. The third kappa shape index (κ3) is 9.61. The highest BCUT2D eigenvalue weighted by Gasteiger charge is 2.40. The predicted molar refractivity (Wildman–Crippen MR) is 244 cm³/mol. The number of likely N-dealkylation sites (tertiary alicyclic amines) is 3. The summed E-state index contributed by atoms with van der Waals surface area (Å²) in [6, 6.07) is 26.9. The molecule has 5 aromatic rings. The molecule has 3 aliphatic heterocycles. The minimum absolute atomic E-state index is 0.0631. The van der Waals surface area contributed by atoms with E-state index < -0.39 is 6.09 Å². The summed E-state index contributed by atoms with van der Waals surface area (Å²) in [5.74, 6) is 1.98. The Morgan fingerprint density at radius 2 is 1.16 bits per heavy atom. The van der Waals surface area contributed by atoms with E-state index in [1.54, 1.807) is 0 Å². The van der Waals surface area contributed by atoms with Crippen LogP contribution in [-0.2, 0) is 14.3 Å². The molecule has 0 unspecified atom stereocenters. The van der Waals surface area contributed by atoms with E-state index in [2.05, 4.69) is 85.7 Å². The summed E-state index contributed by atoms with van der Waals surface area (Å²) in [4.78, 5) is 63.7. The highest BCUT2D eigenvalue weighted by molar-refractivity contribution is 5.84. The maximum absolute atomic E-state index is 14.4.